The maximum absolute atomic E-state index is 14.0. The summed E-state index contributed by atoms with van der Waals surface area (Å²) in [5, 5.41) is 24.6. The molecule has 0 saturated heterocycles. The molecule has 2 amide bonds. The minimum Gasteiger partial charge on any atom is -0.399 e. The fourth-order valence-corrected chi connectivity index (χ4v) is 2.88. The average molecular weight is 589 g/mol. The lowest BCUT2D eigenvalue weighted by Gasteiger charge is -2.36. The summed E-state index contributed by atoms with van der Waals surface area (Å²) in [5.74, 6) is -2.92. The van der Waals surface area contributed by atoms with Gasteiger partial charge in [-0.3, -0.25) is 14.4 Å². The molecule has 0 radical (unpaired) electrons. The summed E-state index contributed by atoms with van der Waals surface area (Å²) in [6.07, 6.45) is 4.90. The monoisotopic (exact) mass is 588 g/mol. The van der Waals surface area contributed by atoms with Crippen LogP contribution < -0.4 is 21.7 Å². The molecule has 0 heterocycles. The van der Waals surface area contributed by atoms with E-state index in [1.54, 1.807) is 0 Å². The van der Waals surface area contributed by atoms with E-state index < -0.39 is 49.1 Å². The van der Waals surface area contributed by atoms with Crippen molar-refractivity contribution in [2.45, 2.75) is 63.7 Å². The van der Waals surface area contributed by atoms with Crippen molar-refractivity contribution in [1.82, 2.24) is 10.6 Å². The third-order valence-corrected chi connectivity index (χ3v) is 6.33. The molecule has 2 aliphatic rings. The molecule has 2 saturated carbocycles. The number of nitrogens with two attached hydrogens (primary N) is 1. The highest BCUT2D eigenvalue weighted by atomic mass is 28.3. The predicted molar refractivity (Wildman–Crippen MR) is 158 cm³/mol. The highest BCUT2D eigenvalue weighted by molar-refractivity contribution is 6.83. The van der Waals surface area contributed by atoms with Gasteiger partial charge in [-0.25, -0.2) is 14.0 Å². The van der Waals surface area contributed by atoms with Crippen LogP contribution in [0.4, 0.5) is 20.2 Å². The molecule has 4 rings (SSSR count). The summed E-state index contributed by atoms with van der Waals surface area (Å²) in [6.45, 7) is 6.06. The van der Waals surface area contributed by atoms with E-state index in [-0.39, 0.29) is 34.6 Å². The van der Waals surface area contributed by atoms with E-state index in [1.807, 2.05) is 19.6 Å². The molecule has 2 aromatic rings. The van der Waals surface area contributed by atoms with Crippen LogP contribution in [0.3, 0.4) is 0 Å². The summed E-state index contributed by atoms with van der Waals surface area (Å²) in [6, 6.07) is 2.61. The first-order valence-corrected chi connectivity index (χ1v) is 16.3. The molecule has 2 aliphatic carbocycles. The van der Waals surface area contributed by atoms with Crippen molar-refractivity contribution in [3.63, 3.8) is 0 Å². The molecule has 0 bridgehead atoms. The molecule has 41 heavy (non-hydrogen) atoms. The van der Waals surface area contributed by atoms with Gasteiger partial charge in [0.2, 0.25) is 0 Å². The molecule has 12 heteroatoms. The highest BCUT2D eigenvalue weighted by Gasteiger charge is 2.37. The van der Waals surface area contributed by atoms with E-state index in [9.17, 15) is 23.2 Å². The summed E-state index contributed by atoms with van der Waals surface area (Å²) < 4.78 is 57.3. The van der Waals surface area contributed by atoms with Gasteiger partial charge in [0.05, 0.1) is 22.7 Å². The van der Waals surface area contributed by atoms with Gasteiger partial charge in [-0.15, -0.1) is 0 Å². The zero-order chi connectivity index (χ0) is 34.7. The van der Waals surface area contributed by atoms with Crippen molar-refractivity contribution in [2.24, 2.45) is 0 Å². The SMILES string of the molecule is C[Si](C)(C)C#N.O=C1CCC1.[2H]c1cc(C(=O)NC)c(F)c([2H])c1N.[2H]c1cc(C(=O)NC)c(F)c([2H])c1NC1(C#N)CCC1. The molecular formula is C29H38F2N6O3Si. The van der Waals surface area contributed by atoms with Gasteiger partial charge >= 0.3 is 0 Å². The van der Waals surface area contributed by atoms with Crippen molar-refractivity contribution in [1.29, 1.82) is 10.5 Å². The molecular weight excluding hydrogens is 546 g/mol. The van der Waals surface area contributed by atoms with Gasteiger partial charge in [0, 0.05) is 44.0 Å². The number of nitrogens with zero attached hydrogens (tertiary/aromatic N) is 2. The Labute approximate surface area is 246 Å². The summed E-state index contributed by atoms with van der Waals surface area (Å²) in [5.41, 5.74) is 5.67. The first kappa shape index (κ1) is 28.2. The van der Waals surface area contributed by atoms with Crippen molar-refractivity contribution in [3.8, 4) is 11.8 Å². The number of rotatable bonds is 4. The van der Waals surface area contributed by atoms with Crippen LogP contribution in [0.5, 0.6) is 0 Å². The Morgan fingerprint density at radius 1 is 0.976 bits per heavy atom. The van der Waals surface area contributed by atoms with Crippen molar-refractivity contribution in [2.75, 3.05) is 25.1 Å². The second kappa shape index (κ2) is 16.1. The molecule has 0 atom stereocenters. The highest BCUT2D eigenvalue weighted by Crippen LogP contribution is 2.34. The number of hydrogen-bond acceptors (Lipinski definition) is 7. The van der Waals surface area contributed by atoms with E-state index in [0.29, 0.717) is 18.6 Å². The van der Waals surface area contributed by atoms with Gasteiger partial charge in [0.25, 0.3) is 11.8 Å². The van der Waals surface area contributed by atoms with Crippen molar-refractivity contribution < 1.29 is 28.6 Å². The zero-order valence-corrected chi connectivity index (χ0v) is 24.8. The normalized spacial score (nSPS) is 15.5. The van der Waals surface area contributed by atoms with Crippen LogP contribution >= 0.6 is 0 Å². The van der Waals surface area contributed by atoms with E-state index in [0.717, 1.165) is 37.8 Å². The van der Waals surface area contributed by atoms with E-state index in [1.165, 1.54) is 14.1 Å². The maximum atomic E-state index is 14.0. The number of benzene rings is 2. The predicted octanol–water partition coefficient (Wildman–Crippen LogP) is 4.94. The summed E-state index contributed by atoms with van der Waals surface area (Å²) >= 11 is 0. The van der Waals surface area contributed by atoms with Crippen LogP contribution in [0.25, 0.3) is 0 Å². The molecule has 9 nitrogen and oxygen atoms in total. The number of carbonyl (C=O) groups excluding carboxylic acids is 3. The quantitative estimate of drug-likeness (QED) is 0.291. The third-order valence-electron chi connectivity index (χ3n) is 5.66. The Morgan fingerprint density at radius 2 is 1.44 bits per heavy atom. The average Bonchev–Trinajstić information content (AvgIpc) is 2.97. The first-order valence-electron chi connectivity index (χ1n) is 14.8. The molecule has 0 unspecified atom stereocenters. The molecule has 5 N–H and O–H groups in total. The maximum Gasteiger partial charge on any atom is 0.253 e. The number of anilines is 2. The Kier molecular flexibility index (Phi) is 11.1. The number of hydrogen-bond donors (Lipinski definition) is 4. The molecule has 0 spiro atoms. The lowest BCUT2D eigenvalue weighted by atomic mass is 9.78. The lowest BCUT2D eigenvalue weighted by Crippen LogP contribution is -2.43. The minimum atomic E-state index is -1.33. The topological polar surface area (TPSA) is 161 Å². The molecule has 2 aromatic carbocycles. The van der Waals surface area contributed by atoms with E-state index >= 15 is 0 Å². The van der Waals surface area contributed by atoms with Gasteiger partial charge in [-0.05, 0) is 62.0 Å². The zero-order valence-electron chi connectivity index (χ0n) is 27.8. The number of Topliss-reactive ketones (excluding diaryl/α,β-unsaturated/α-hetero) is 1. The number of ketones is 1. The molecule has 0 aliphatic heterocycles. The molecule has 0 aromatic heterocycles. The van der Waals surface area contributed by atoms with Gasteiger partial charge in [-0.2, -0.15) is 5.26 Å². The number of nitrogen functional groups attached to an aromatic ring is 1. The van der Waals surface area contributed by atoms with Crippen LogP contribution in [0.15, 0.2) is 36.3 Å². The van der Waals surface area contributed by atoms with Gasteiger partial charge < -0.3 is 21.7 Å². The Hall–Kier alpha value is -4.29. The summed E-state index contributed by atoms with van der Waals surface area (Å²) in [4.78, 5) is 32.5. The number of amides is 2. The van der Waals surface area contributed by atoms with E-state index in [2.05, 4.69) is 27.7 Å². The molecule has 2 fully saturated rings. The minimum absolute atomic E-state index is 0.0450. The van der Waals surface area contributed by atoms with Crippen LogP contribution in [0.1, 0.15) is 64.7 Å². The van der Waals surface area contributed by atoms with Gasteiger partial charge in [0.15, 0.2) is 8.07 Å². The Morgan fingerprint density at radius 3 is 1.78 bits per heavy atom. The smallest absolute Gasteiger partial charge is 0.253 e. The van der Waals surface area contributed by atoms with Crippen molar-refractivity contribution in [3.05, 3.63) is 59.1 Å². The number of halogens is 2. The van der Waals surface area contributed by atoms with Crippen LogP contribution in [0, 0.1) is 33.9 Å². The Balaban J connectivity index is 0.000000348. The van der Waals surface area contributed by atoms with E-state index in [4.69, 9.17) is 21.7 Å². The third kappa shape index (κ3) is 11.8. The molecule has 220 valence electrons. The standard InChI is InChI=1S/C13H14FN3O.C8H9FN2O.C4H9NSi.C4H6O/c1-16-12(18)10-4-3-9(7-11(10)14)17-13(8-15)5-2-6-13;1-11-8(12)6-3-2-5(10)4-7(6)9;1-6(2,3)4-5;5-4-2-1-3-4/h3-4,7,17H,2,5-6H2,1H3,(H,16,18);2-4H,10H2,1H3,(H,11,12);1-3H3;1-3H2/i3D,7D;2D,4D;;. The lowest BCUT2D eigenvalue weighted by molar-refractivity contribution is -0.123. The van der Waals surface area contributed by atoms with Crippen molar-refractivity contribution >= 4 is 37.0 Å². The van der Waals surface area contributed by atoms with Gasteiger partial charge in [0.1, 0.15) is 23.0 Å². The fraction of sp³-hybridized carbons (Fsp3) is 0.414. The first-order chi connectivity index (χ1) is 20.9. The number of nitrogens with one attached hydrogen (secondary N) is 3. The largest absolute Gasteiger partial charge is 0.399 e. The number of nitriles is 2. The second-order valence-electron chi connectivity index (χ2n) is 10.2. The van der Waals surface area contributed by atoms with Crippen LogP contribution in [0.2, 0.25) is 19.6 Å². The van der Waals surface area contributed by atoms with Crippen LogP contribution in [-0.2, 0) is 4.79 Å². The fourth-order valence-electron chi connectivity index (χ4n) is 2.88. The summed E-state index contributed by atoms with van der Waals surface area (Å²) in [7, 11) is 1.36. The number of carbonyl (C=O) groups is 3. The Bertz CT molecular complexity index is 1510. The van der Waals surface area contributed by atoms with Gasteiger partial charge in [-0.1, -0.05) is 19.6 Å². The van der Waals surface area contributed by atoms with Crippen LogP contribution in [-0.4, -0.2) is 45.3 Å². The second-order valence-corrected chi connectivity index (χ2v) is 14.9.